The monoisotopic (exact) mass is 169 g/mol. The second-order valence-corrected chi connectivity index (χ2v) is 4.92. The minimum Gasteiger partial charge on any atom is -0.390 e. The summed E-state index contributed by atoms with van der Waals surface area (Å²) < 4.78 is 0. The molecule has 2 heteroatoms. The van der Waals surface area contributed by atoms with Crippen LogP contribution in [0.15, 0.2) is 0 Å². The van der Waals surface area contributed by atoms with Crippen molar-refractivity contribution in [2.75, 3.05) is 6.54 Å². The molecule has 3 aliphatic rings. The summed E-state index contributed by atoms with van der Waals surface area (Å²) in [5.74, 6) is 1.62. The Hall–Kier alpha value is -0.0800. The van der Waals surface area contributed by atoms with Crippen LogP contribution in [0.25, 0.3) is 0 Å². The van der Waals surface area contributed by atoms with Crippen LogP contribution in [-0.2, 0) is 0 Å². The number of aliphatic hydroxyl groups is 1. The van der Waals surface area contributed by atoms with Gasteiger partial charge in [0.05, 0.1) is 5.60 Å². The molecule has 0 aromatic heterocycles. The van der Waals surface area contributed by atoms with Gasteiger partial charge in [0.1, 0.15) is 0 Å². The quantitative estimate of drug-likeness (QED) is 0.646. The maximum absolute atomic E-state index is 10.3. The molecule has 12 heavy (non-hydrogen) atoms. The molecule has 4 atom stereocenters. The zero-order chi connectivity index (χ0) is 8.93. The van der Waals surface area contributed by atoms with Gasteiger partial charge in [0, 0.05) is 12.0 Å². The molecule has 2 N–H and O–H groups in total. The Labute approximate surface area is 74.4 Å². The van der Waals surface area contributed by atoms with E-state index in [1.165, 1.54) is 6.42 Å². The van der Waals surface area contributed by atoms with Crippen LogP contribution in [0.1, 0.15) is 27.2 Å². The number of fused-ring (bicyclic) bond motifs is 1. The maximum atomic E-state index is 10.3. The van der Waals surface area contributed by atoms with Crippen LogP contribution in [0.5, 0.6) is 0 Å². The lowest BCUT2D eigenvalue weighted by Gasteiger charge is -2.46. The van der Waals surface area contributed by atoms with Gasteiger partial charge < -0.3 is 10.4 Å². The summed E-state index contributed by atoms with van der Waals surface area (Å²) in [7, 11) is 0. The first kappa shape index (κ1) is 8.52. The van der Waals surface area contributed by atoms with Crippen molar-refractivity contribution < 1.29 is 5.11 Å². The molecular formula is C10H19NO. The molecule has 2 bridgehead atoms. The smallest absolute Gasteiger partial charge is 0.0688 e. The van der Waals surface area contributed by atoms with Crippen LogP contribution in [0.3, 0.4) is 0 Å². The minimum absolute atomic E-state index is 0.368. The molecule has 1 aliphatic carbocycles. The van der Waals surface area contributed by atoms with Crippen molar-refractivity contribution >= 4 is 0 Å². The standard InChI is InChI=1S/C10H19NO/c1-6(2)10(3,12)9-7-4-8(9)11-5-7/h6-9,11-12H,4-5H2,1-3H3. The second kappa shape index (κ2) is 2.46. The molecule has 2 nitrogen and oxygen atoms in total. The zero-order valence-electron chi connectivity index (χ0n) is 8.17. The highest BCUT2D eigenvalue weighted by molar-refractivity contribution is 5.09. The van der Waals surface area contributed by atoms with Crippen molar-refractivity contribution in [3.8, 4) is 0 Å². The fraction of sp³-hybridized carbons (Fsp3) is 1.00. The van der Waals surface area contributed by atoms with Crippen molar-refractivity contribution in [1.29, 1.82) is 0 Å². The predicted octanol–water partition coefficient (Wildman–Crippen LogP) is 1.00. The first-order chi connectivity index (χ1) is 5.53. The number of hydrogen-bond acceptors (Lipinski definition) is 2. The highest BCUT2D eigenvalue weighted by Crippen LogP contribution is 2.48. The molecule has 0 amide bonds. The molecule has 2 heterocycles. The molecule has 3 rings (SSSR count). The average molecular weight is 169 g/mol. The lowest BCUT2D eigenvalue weighted by Crippen LogP contribution is -2.54. The lowest BCUT2D eigenvalue weighted by atomic mass is 9.62. The molecular weight excluding hydrogens is 150 g/mol. The molecule has 0 aromatic carbocycles. The van der Waals surface area contributed by atoms with Gasteiger partial charge in [0.25, 0.3) is 0 Å². The summed E-state index contributed by atoms with van der Waals surface area (Å²) in [6.45, 7) is 7.34. The molecule has 3 fully saturated rings. The first-order valence-electron chi connectivity index (χ1n) is 4.99. The summed E-state index contributed by atoms with van der Waals surface area (Å²) in [6, 6.07) is 0.604. The Bertz CT molecular complexity index is 174. The van der Waals surface area contributed by atoms with Gasteiger partial charge in [-0.25, -0.2) is 0 Å². The average Bonchev–Trinajstić information content (AvgIpc) is 2.41. The fourth-order valence-corrected chi connectivity index (χ4v) is 2.74. The molecule has 1 saturated carbocycles. The van der Waals surface area contributed by atoms with Gasteiger partial charge in [0.15, 0.2) is 0 Å². The van der Waals surface area contributed by atoms with Crippen molar-refractivity contribution in [1.82, 2.24) is 5.32 Å². The van der Waals surface area contributed by atoms with Crippen LogP contribution in [0.2, 0.25) is 0 Å². The third kappa shape index (κ3) is 0.944. The number of hydrogen-bond donors (Lipinski definition) is 2. The molecule has 4 unspecified atom stereocenters. The normalized spacial score (nSPS) is 44.2. The van der Waals surface area contributed by atoms with Gasteiger partial charge in [-0.2, -0.15) is 0 Å². The highest BCUT2D eigenvalue weighted by atomic mass is 16.3. The van der Waals surface area contributed by atoms with Crippen molar-refractivity contribution in [2.45, 2.75) is 38.8 Å². The van der Waals surface area contributed by atoms with Crippen LogP contribution >= 0.6 is 0 Å². The van der Waals surface area contributed by atoms with Crippen LogP contribution in [0.4, 0.5) is 0 Å². The lowest BCUT2D eigenvalue weighted by molar-refractivity contribution is -0.0912. The molecule has 0 spiro atoms. The van der Waals surface area contributed by atoms with E-state index in [0.717, 1.165) is 12.5 Å². The van der Waals surface area contributed by atoms with Crippen molar-refractivity contribution in [3.05, 3.63) is 0 Å². The summed E-state index contributed by atoms with van der Waals surface area (Å²) in [5.41, 5.74) is -0.461. The minimum atomic E-state index is -0.461. The van der Waals surface area contributed by atoms with E-state index in [1.807, 2.05) is 6.92 Å². The van der Waals surface area contributed by atoms with E-state index in [4.69, 9.17) is 0 Å². The SMILES string of the molecule is CC(C)C(C)(O)C1C2CNC1C2. The van der Waals surface area contributed by atoms with Gasteiger partial charge in [-0.15, -0.1) is 0 Å². The van der Waals surface area contributed by atoms with Crippen molar-refractivity contribution in [3.63, 3.8) is 0 Å². The van der Waals surface area contributed by atoms with E-state index >= 15 is 0 Å². The van der Waals surface area contributed by atoms with Crippen LogP contribution in [0, 0.1) is 17.8 Å². The van der Waals surface area contributed by atoms with Crippen LogP contribution < -0.4 is 5.32 Å². The predicted molar refractivity (Wildman–Crippen MR) is 48.8 cm³/mol. The van der Waals surface area contributed by atoms with E-state index < -0.39 is 5.60 Å². The molecule has 70 valence electrons. The Kier molecular flexibility index (Phi) is 1.74. The number of nitrogens with one attached hydrogen (secondary N) is 1. The zero-order valence-corrected chi connectivity index (χ0v) is 8.17. The second-order valence-electron chi connectivity index (χ2n) is 4.92. The van der Waals surface area contributed by atoms with Gasteiger partial charge in [-0.1, -0.05) is 13.8 Å². The first-order valence-corrected chi connectivity index (χ1v) is 4.99. The summed E-state index contributed by atoms with van der Waals surface area (Å²) in [4.78, 5) is 0. The fourth-order valence-electron chi connectivity index (χ4n) is 2.74. The van der Waals surface area contributed by atoms with E-state index in [1.54, 1.807) is 0 Å². The van der Waals surface area contributed by atoms with E-state index in [0.29, 0.717) is 17.9 Å². The van der Waals surface area contributed by atoms with E-state index in [-0.39, 0.29) is 0 Å². The maximum Gasteiger partial charge on any atom is 0.0688 e. The molecule has 2 aliphatic heterocycles. The highest BCUT2D eigenvalue weighted by Gasteiger charge is 2.55. The Morgan fingerprint density at radius 2 is 2.17 bits per heavy atom. The Morgan fingerprint density at radius 3 is 2.50 bits per heavy atom. The van der Waals surface area contributed by atoms with Crippen molar-refractivity contribution in [2.24, 2.45) is 17.8 Å². The third-order valence-electron chi connectivity index (χ3n) is 3.98. The van der Waals surface area contributed by atoms with Gasteiger partial charge in [0.2, 0.25) is 0 Å². The Morgan fingerprint density at radius 1 is 1.50 bits per heavy atom. The Balaban J connectivity index is 2.10. The largest absolute Gasteiger partial charge is 0.390 e. The number of rotatable bonds is 2. The topological polar surface area (TPSA) is 32.3 Å². The van der Waals surface area contributed by atoms with Gasteiger partial charge >= 0.3 is 0 Å². The van der Waals surface area contributed by atoms with E-state index in [2.05, 4.69) is 19.2 Å². The van der Waals surface area contributed by atoms with E-state index in [9.17, 15) is 5.11 Å². The molecule has 0 radical (unpaired) electrons. The van der Waals surface area contributed by atoms with Gasteiger partial charge in [-0.05, 0) is 31.7 Å². The third-order valence-corrected chi connectivity index (χ3v) is 3.98. The summed E-state index contributed by atoms with van der Waals surface area (Å²) >= 11 is 0. The molecule has 0 aromatic rings. The van der Waals surface area contributed by atoms with Gasteiger partial charge in [-0.3, -0.25) is 0 Å². The molecule has 2 saturated heterocycles. The summed E-state index contributed by atoms with van der Waals surface area (Å²) in [6.07, 6.45) is 1.29. The van der Waals surface area contributed by atoms with Crippen LogP contribution in [-0.4, -0.2) is 23.3 Å². The summed E-state index contributed by atoms with van der Waals surface area (Å²) in [5, 5.41) is 13.7.